The van der Waals surface area contributed by atoms with Crippen LogP contribution in [-0.2, 0) is 6.42 Å². The molecule has 4 nitrogen and oxygen atoms in total. The predicted molar refractivity (Wildman–Crippen MR) is 75.4 cm³/mol. The van der Waals surface area contributed by atoms with Crippen LogP contribution in [0.1, 0.15) is 22.4 Å². The van der Waals surface area contributed by atoms with Gasteiger partial charge in [-0.1, -0.05) is 18.2 Å². The molecule has 2 aromatic rings. The van der Waals surface area contributed by atoms with Crippen LogP contribution in [0.25, 0.3) is 0 Å². The molecule has 0 bridgehead atoms. The van der Waals surface area contributed by atoms with Crippen molar-refractivity contribution in [2.24, 2.45) is 0 Å². The van der Waals surface area contributed by atoms with Crippen molar-refractivity contribution in [2.75, 3.05) is 14.1 Å². The fourth-order valence-corrected chi connectivity index (χ4v) is 2.10. The van der Waals surface area contributed by atoms with Crippen molar-refractivity contribution in [3.05, 3.63) is 53.1 Å². The van der Waals surface area contributed by atoms with Crippen LogP contribution in [0.5, 0.6) is 0 Å². The Morgan fingerprint density at radius 3 is 2.47 bits per heavy atom. The van der Waals surface area contributed by atoms with Crippen LogP contribution in [0, 0.1) is 13.8 Å². The van der Waals surface area contributed by atoms with Crippen molar-refractivity contribution in [3.63, 3.8) is 0 Å². The SMILES string of the molecule is Cc1cccc(C)c1Cc1cn(C(=O)N(C)C)cn1. The van der Waals surface area contributed by atoms with Gasteiger partial charge in [-0.05, 0) is 30.5 Å². The molecule has 0 aliphatic heterocycles. The highest BCUT2D eigenvalue weighted by Crippen LogP contribution is 2.17. The average Bonchev–Trinajstić information content (AvgIpc) is 2.81. The first-order chi connectivity index (χ1) is 8.99. The van der Waals surface area contributed by atoms with Crippen molar-refractivity contribution in [3.8, 4) is 0 Å². The van der Waals surface area contributed by atoms with E-state index in [-0.39, 0.29) is 6.03 Å². The number of amides is 1. The first kappa shape index (κ1) is 13.3. The number of nitrogens with zero attached hydrogens (tertiary/aromatic N) is 3. The molecule has 0 aliphatic rings. The van der Waals surface area contributed by atoms with Crippen LogP contribution < -0.4 is 0 Å². The molecule has 0 radical (unpaired) electrons. The maximum Gasteiger partial charge on any atom is 0.328 e. The molecule has 1 heterocycles. The van der Waals surface area contributed by atoms with Gasteiger partial charge in [0.25, 0.3) is 0 Å². The number of aromatic nitrogens is 2. The Kier molecular flexibility index (Phi) is 3.69. The zero-order valence-corrected chi connectivity index (χ0v) is 11.8. The number of imidazole rings is 1. The number of hydrogen-bond donors (Lipinski definition) is 0. The highest BCUT2D eigenvalue weighted by Gasteiger charge is 2.10. The number of rotatable bonds is 2. The van der Waals surface area contributed by atoms with Gasteiger partial charge in [-0.25, -0.2) is 9.78 Å². The Balaban J connectivity index is 2.23. The lowest BCUT2D eigenvalue weighted by Gasteiger charge is -2.09. The van der Waals surface area contributed by atoms with Gasteiger partial charge in [0.15, 0.2) is 0 Å². The molecule has 0 saturated carbocycles. The standard InChI is InChI=1S/C15H19N3O/c1-11-6-5-7-12(2)14(11)8-13-9-18(10-16-13)15(19)17(3)4/h5-7,9-10H,8H2,1-4H3. The molecule has 19 heavy (non-hydrogen) atoms. The highest BCUT2D eigenvalue weighted by atomic mass is 16.2. The lowest BCUT2D eigenvalue weighted by atomic mass is 9.99. The van der Waals surface area contributed by atoms with Crippen LogP contribution >= 0.6 is 0 Å². The van der Waals surface area contributed by atoms with Crippen LogP contribution in [0.2, 0.25) is 0 Å². The van der Waals surface area contributed by atoms with Gasteiger partial charge >= 0.3 is 6.03 Å². The number of hydrogen-bond acceptors (Lipinski definition) is 2. The number of carbonyl (C=O) groups excluding carboxylic acids is 1. The Morgan fingerprint density at radius 2 is 1.89 bits per heavy atom. The van der Waals surface area contributed by atoms with E-state index in [1.807, 2.05) is 0 Å². The van der Waals surface area contributed by atoms with Crippen molar-refractivity contribution in [1.29, 1.82) is 0 Å². The largest absolute Gasteiger partial charge is 0.330 e. The molecule has 0 aliphatic carbocycles. The summed E-state index contributed by atoms with van der Waals surface area (Å²) in [6.07, 6.45) is 4.13. The Bertz CT molecular complexity index is 579. The first-order valence-corrected chi connectivity index (χ1v) is 6.28. The van der Waals surface area contributed by atoms with Gasteiger partial charge in [-0.3, -0.25) is 4.57 Å². The summed E-state index contributed by atoms with van der Waals surface area (Å²) in [5.41, 5.74) is 4.71. The fourth-order valence-electron chi connectivity index (χ4n) is 2.10. The van der Waals surface area contributed by atoms with E-state index < -0.39 is 0 Å². The summed E-state index contributed by atoms with van der Waals surface area (Å²) < 4.78 is 1.52. The molecule has 0 N–H and O–H groups in total. The zero-order chi connectivity index (χ0) is 14.0. The van der Waals surface area contributed by atoms with Crippen molar-refractivity contribution < 1.29 is 4.79 Å². The monoisotopic (exact) mass is 257 g/mol. The third-order valence-electron chi connectivity index (χ3n) is 3.24. The molecule has 0 unspecified atom stereocenters. The van der Waals surface area contributed by atoms with E-state index in [0.717, 1.165) is 12.1 Å². The third-order valence-corrected chi connectivity index (χ3v) is 3.24. The summed E-state index contributed by atoms with van der Waals surface area (Å²) in [7, 11) is 3.46. The minimum absolute atomic E-state index is 0.0831. The summed E-state index contributed by atoms with van der Waals surface area (Å²) in [4.78, 5) is 17.6. The van der Waals surface area contributed by atoms with Crippen molar-refractivity contribution in [1.82, 2.24) is 14.5 Å². The van der Waals surface area contributed by atoms with Gasteiger partial charge in [0, 0.05) is 26.7 Å². The molecule has 1 amide bonds. The van der Waals surface area contributed by atoms with Crippen molar-refractivity contribution >= 4 is 6.03 Å². The highest BCUT2D eigenvalue weighted by molar-refractivity contribution is 5.76. The number of benzene rings is 1. The maximum absolute atomic E-state index is 11.8. The minimum Gasteiger partial charge on any atom is -0.330 e. The van der Waals surface area contributed by atoms with Crippen LogP contribution in [0.15, 0.2) is 30.7 Å². The van der Waals surface area contributed by atoms with Gasteiger partial charge in [0.2, 0.25) is 0 Å². The molecule has 0 spiro atoms. The molecule has 1 aromatic heterocycles. The van der Waals surface area contributed by atoms with E-state index in [2.05, 4.69) is 37.0 Å². The van der Waals surface area contributed by atoms with Gasteiger partial charge in [-0.2, -0.15) is 0 Å². The van der Waals surface area contributed by atoms with Crippen LogP contribution in [0.4, 0.5) is 4.79 Å². The number of aryl methyl sites for hydroxylation is 2. The van der Waals surface area contributed by atoms with Crippen LogP contribution in [-0.4, -0.2) is 34.6 Å². The Morgan fingerprint density at radius 1 is 1.26 bits per heavy atom. The van der Waals surface area contributed by atoms with E-state index in [9.17, 15) is 4.79 Å². The van der Waals surface area contributed by atoms with E-state index in [1.54, 1.807) is 26.6 Å². The summed E-state index contributed by atoms with van der Waals surface area (Å²) in [6, 6.07) is 6.18. The number of carbonyl (C=O) groups is 1. The normalized spacial score (nSPS) is 10.5. The van der Waals surface area contributed by atoms with Gasteiger partial charge in [-0.15, -0.1) is 0 Å². The van der Waals surface area contributed by atoms with Gasteiger partial charge in [0.05, 0.1) is 5.69 Å². The second-order valence-corrected chi connectivity index (χ2v) is 5.00. The molecular weight excluding hydrogens is 238 g/mol. The first-order valence-electron chi connectivity index (χ1n) is 6.28. The molecule has 0 fully saturated rings. The fraction of sp³-hybridized carbons (Fsp3) is 0.333. The van der Waals surface area contributed by atoms with E-state index in [4.69, 9.17) is 0 Å². The molecule has 1 aromatic carbocycles. The zero-order valence-electron chi connectivity index (χ0n) is 11.8. The van der Waals surface area contributed by atoms with E-state index in [1.165, 1.54) is 26.2 Å². The summed E-state index contributed by atoms with van der Waals surface area (Å²) in [6.45, 7) is 4.20. The second-order valence-electron chi connectivity index (χ2n) is 5.00. The molecule has 2 rings (SSSR count). The molecule has 100 valence electrons. The maximum atomic E-state index is 11.8. The topological polar surface area (TPSA) is 38.1 Å². The van der Waals surface area contributed by atoms with Crippen LogP contribution in [0.3, 0.4) is 0 Å². The lowest BCUT2D eigenvalue weighted by molar-refractivity contribution is 0.219. The quantitative estimate of drug-likeness (QED) is 0.829. The second kappa shape index (κ2) is 5.26. The summed E-state index contributed by atoms with van der Waals surface area (Å²) >= 11 is 0. The summed E-state index contributed by atoms with van der Waals surface area (Å²) in [5.74, 6) is 0. The van der Waals surface area contributed by atoms with Gasteiger partial charge in [0.1, 0.15) is 6.33 Å². The Labute approximate surface area is 113 Å². The Hall–Kier alpha value is -2.10. The van der Waals surface area contributed by atoms with E-state index >= 15 is 0 Å². The summed E-state index contributed by atoms with van der Waals surface area (Å²) in [5, 5.41) is 0. The molecular formula is C15H19N3O. The molecule has 0 atom stereocenters. The van der Waals surface area contributed by atoms with Crippen molar-refractivity contribution in [2.45, 2.75) is 20.3 Å². The van der Waals surface area contributed by atoms with Gasteiger partial charge < -0.3 is 4.90 Å². The smallest absolute Gasteiger partial charge is 0.328 e. The lowest BCUT2D eigenvalue weighted by Crippen LogP contribution is -2.26. The third kappa shape index (κ3) is 2.84. The predicted octanol–water partition coefficient (Wildman–Crippen LogP) is 2.62. The molecule has 4 heteroatoms. The van der Waals surface area contributed by atoms with E-state index in [0.29, 0.717) is 0 Å². The minimum atomic E-state index is -0.0831. The molecule has 0 saturated heterocycles. The average molecular weight is 257 g/mol.